The Labute approximate surface area is 148 Å². The molecule has 8 heteroatoms. The zero-order valence-corrected chi connectivity index (χ0v) is 16.1. The van der Waals surface area contributed by atoms with E-state index in [4.69, 9.17) is 0 Å². The van der Waals surface area contributed by atoms with Crippen LogP contribution in [0.25, 0.3) is 0 Å². The number of likely N-dealkylation sites (N-methyl/N-ethyl adjacent to an activating group) is 1. The number of piperazine rings is 1. The van der Waals surface area contributed by atoms with E-state index in [1.165, 1.54) is 0 Å². The van der Waals surface area contributed by atoms with Gasteiger partial charge in [-0.05, 0) is 30.8 Å². The van der Waals surface area contributed by atoms with Crippen LogP contribution in [0.5, 0.6) is 0 Å². The van der Waals surface area contributed by atoms with Gasteiger partial charge in [0, 0.05) is 25.0 Å². The van der Waals surface area contributed by atoms with Crippen molar-refractivity contribution < 1.29 is 13.2 Å². The highest BCUT2D eigenvalue weighted by Gasteiger charge is 2.50. The van der Waals surface area contributed by atoms with Gasteiger partial charge in [-0.15, -0.1) is 0 Å². The minimum absolute atomic E-state index is 0.0741. The quantitative estimate of drug-likeness (QED) is 0.804. The average Bonchev–Trinajstić information content (AvgIpc) is 3.13. The molecule has 0 aliphatic carbocycles. The van der Waals surface area contributed by atoms with Crippen LogP contribution in [0.3, 0.4) is 0 Å². The van der Waals surface area contributed by atoms with Crippen molar-refractivity contribution in [1.29, 1.82) is 0 Å². The Morgan fingerprint density at radius 1 is 1.33 bits per heavy atom. The maximum atomic E-state index is 12.6. The number of carbonyl (C=O) groups excluding carboxylic acids is 1. The largest absolute Gasteiger partial charge is 0.309 e. The monoisotopic (exact) mass is 371 g/mol. The van der Waals surface area contributed by atoms with Gasteiger partial charge in [-0.2, -0.15) is 15.6 Å². The van der Waals surface area contributed by atoms with Crippen molar-refractivity contribution >= 4 is 33.0 Å². The third-order valence-electron chi connectivity index (χ3n) is 4.99. The summed E-state index contributed by atoms with van der Waals surface area (Å²) in [5.74, 6) is 0.365. The predicted molar refractivity (Wildman–Crippen MR) is 96.8 cm³/mol. The fourth-order valence-corrected chi connectivity index (χ4v) is 6.13. The van der Waals surface area contributed by atoms with E-state index < -0.39 is 10.0 Å². The second-order valence-electron chi connectivity index (χ2n) is 7.30. The number of hydrogen-bond acceptors (Lipinski definition) is 5. The smallest absolute Gasteiger partial charge is 0.241 e. The summed E-state index contributed by atoms with van der Waals surface area (Å²) in [6.07, 6.45) is 0.759. The molecule has 2 aliphatic rings. The Hall–Kier alpha value is -0.960. The molecule has 1 amide bonds. The van der Waals surface area contributed by atoms with Crippen LogP contribution in [0, 0.1) is 5.92 Å². The summed E-state index contributed by atoms with van der Waals surface area (Å²) in [6, 6.07) is 1.95. The first kappa shape index (κ1) is 17.8. The van der Waals surface area contributed by atoms with E-state index in [9.17, 15) is 13.2 Å². The van der Waals surface area contributed by atoms with Crippen LogP contribution in [-0.4, -0.2) is 68.0 Å². The van der Waals surface area contributed by atoms with Gasteiger partial charge in [0.1, 0.15) is 0 Å². The molecule has 0 bridgehead atoms. The Kier molecular flexibility index (Phi) is 4.76. The van der Waals surface area contributed by atoms with E-state index in [2.05, 4.69) is 0 Å². The van der Waals surface area contributed by atoms with Crippen molar-refractivity contribution in [3.63, 3.8) is 0 Å². The number of nitrogens with zero attached hydrogens (tertiary/aromatic N) is 3. The van der Waals surface area contributed by atoms with E-state index in [1.807, 2.05) is 47.5 Å². The number of amides is 1. The lowest BCUT2D eigenvalue weighted by molar-refractivity contribution is -0.123. The Morgan fingerprint density at radius 2 is 2.08 bits per heavy atom. The fourth-order valence-electron chi connectivity index (χ4n) is 3.63. The molecule has 0 N–H and O–H groups in total. The van der Waals surface area contributed by atoms with Gasteiger partial charge in [0.25, 0.3) is 0 Å². The van der Waals surface area contributed by atoms with Gasteiger partial charge >= 0.3 is 0 Å². The molecule has 2 fully saturated rings. The molecule has 0 aromatic carbocycles. The van der Waals surface area contributed by atoms with E-state index in [-0.39, 0.29) is 23.1 Å². The lowest BCUT2D eigenvalue weighted by Gasteiger charge is -2.46. The highest BCUT2D eigenvalue weighted by molar-refractivity contribution is 7.89. The molecule has 2 aliphatic heterocycles. The van der Waals surface area contributed by atoms with Crippen molar-refractivity contribution in [1.82, 2.24) is 9.21 Å². The van der Waals surface area contributed by atoms with Gasteiger partial charge in [-0.3, -0.25) is 9.69 Å². The van der Waals surface area contributed by atoms with Gasteiger partial charge in [-0.25, -0.2) is 8.42 Å². The summed E-state index contributed by atoms with van der Waals surface area (Å²) < 4.78 is 26.8. The van der Waals surface area contributed by atoms with Crippen molar-refractivity contribution in [2.75, 3.05) is 43.9 Å². The summed E-state index contributed by atoms with van der Waals surface area (Å²) in [7, 11) is -1.31. The van der Waals surface area contributed by atoms with Gasteiger partial charge in [-0.1, -0.05) is 13.8 Å². The molecule has 3 heterocycles. The van der Waals surface area contributed by atoms with E-state index in [1.54, 1.807) is 15.6 Å². The molecule has 2 saturated heterocycles. The van der Waals surface area contributed by atoms with Crippen molar-refractivity contribution in [3.05, 3.63) is 16.8 Å². The Bertz CT molecular complexity index is 702. The lowest BCUT2D eigenvalue weighted by Crippen LogP contribution is -2.64. The fraction of sp³-hybridized carbons (Fsp3) is 0.688. The number of carbonyl (C=O) groups is 1. The molecular formula is C16H25N3O3S2. The van der Waals surface area contributed by atoms with Crippen LogP contribution in [0.2, 0.25) is 0 Å². The molecule has 1 atom stereocenters. The van der Waals surface area contributed by atoms with Crippen LogP contribution in [0.15, 0.2) is 16.8 Å². The molecule has 1 spiro atoms. The second-order valence-corrected chi connectivity index (χ2v) is 10.1. The molecule has 1 unspecified atom stereocenters. The number of sulfonamides is 1. The van der Waals surface area contributed by atoms with Crippen LogP contribution < -0.4 is 4.90 Å². The third kappa shape index (κ3) is 3.24. The zero-order chi connectivity index (χ0) is 17.5. The minimum Gasteiger partial charge on any atom is -0.309 e. The number of thiophene rings is 1. The number of rotatable bonds is 4. The molecular weight excluding hydrogens is 346 g/mol. The average molecular weight is 372 g/mol. The molecule has 1 aromatic heterocycles. The van der Waals surface area contributed by atoms with E-state index in [0.29, 0.717) is 26.2 Å². The molecule has 134 valence electrons. The summed E-state index contributed by atoms with van der Waals surface area (Å²) in [4.78, 5) is 16.3. The summed E-state index contributed by atoms with van der Waals surface area (Å²) in [5.41, 5.74) is 0.626. The summed E-state index contributed by atoms with van der Waals surface area (Å²) in [6.45, 7) is 5.72. The first-order valence-electron chi connectivity index (χ1n) is 8.25. The zero-order valence-electron chi connectivity index (χ0n) is 14.4. The Balaban J connectivity index is 1.81. The Morgan fingerprint density at radius 3 is 2.71 bits per heavy atom. The molecule has 1 aromatic rings. The normalized spacial score (nSPS) is 26.8. The van der Waals surface area contributed by atoms with Gasteiger partial charge in [0.05, 0.1) is 23.5 Å². The summed E-state index contributed by atoms with van der Waals surface area (Å²) in [5, 5.41) is 3.93. The minimum atomic E-state index is -3.24. The highest BCUT2D eigenvalue weighted by Crippen LogP contribution is 2.35. The lowest BCUT2D eigenvalue weighted by atomic mass is 9.93. The maximum absolute atomic E-state index is 12.6. The highest BCUT2D eigenvalue weighted by atomic mass is 32.2. The SMILES string of the molecule is CC(C)CS(=O)(=O)N1CCC2(CN(c3ccsc3)C(=O)CN2C)C1. The molecule has 0 saturated carbocycles. The van der Waals surface area contributed by atoms with Gasteiger partial charge < -0.3 is 4.90 Å². The predicted octanol–water partition coefficient (Wildman–Crippen LogP) is 1.46. The van der Waals surface area contributed by atoms with E-state index in [0.717, 1.165) is 12.1 Å². The van der Waals surface area contributed by atoms with Crippen LogP contribution in [0.4, 0.5) is 5.69 Å². The van der Waals surface area contributed by atoms with Crippen molar-refractivity contribution in [2.45, 2.75) is 25.8 Å². The first-order valence-corrected chi connectivity index (χ1v) is 10.8. The van der Waals surface area contributed by atoms with E-state index >= 15 is 0 Å². The second kappa shape index (κ2) is 6.40. The van der Waals surface area contributed by atoms with Gasteiger partial charge in [0.2, 0.25) is 15.9 Å². The van der Waals surface area contributed by atoms with Gasteiger partial charge in [0.15, 0.2) is 0 Å². The topological polar surface area (TPSA) is 60.9 Å². The number of hydrogen-bond donors (Lipinski definition) is 0. The van der Waals surface area contributed by atoms with Crippen LogP contribution in [-0.2, 0) is 14.8 Å². The first-order chi connectivity index (χ1) is 11.2. The standard InChI is InChI=1S/C16H25N3O3S2/c1-13(2)10-24(21,22)18-6-5-16(11-18)12-19(14-4-7-23-9-14)15(20)8-17(16)3/h4,7,9,13H,5-6,8,10-12H2,1-3H3. The van der Waals surface area contributed by atoms with Crippen molar-refractivity contribution in [2.24, 2.45) is 5.92 Å². The molecule has 6 nitrogen and oxygen atoms in total. The number of anilines is 1. The van der Waals surface area contributed by atoms with Crippen LogP contribution >= 0.6 is 11.3 Å². The molecule has 24 heavy (non-hydrogen) atoms. The molecule has 3 rings (SSSR count). The van der Waals surface area contributed by atoms with Crippen LogP contribution in [0.1, 0.15) is 20.3 Å². The molecule has 0 radical (unpaired) electrons. The summed E-state index contributed by atoms with van der Waals surface area (Å²) >= 11 is 1.56. The van der Waals surface area contributed by atoms with Crippen molar-refractivity contribution in [3.8, 4) is 0 Å². The maximum Gasteiger partial charge on any atom is 0.241 e. The third-order valence-corrected chi connectivity index (χ3v) is 7.85.